The molecule has 0 amide bonds. The van der Waals surface area contributed by atoms with E-state index in [-0.39, 0.29) is 0 Å². The van der Waals surface area contributed by atoms with E-state index >= 15 is 0 Å². The van der Waals surface area contributed by atoms with Crippen LogP contribution in [0.4, 0.5) is 5.69 Å². The Hall–Kier alpha value is -1.32. The second-order valence-electron chi connectivity index (χ2n) is 4.05. The minimum Gasteiger partial charge on any atom is -0.399 e. The highest BCUT2D eigenvalue weighted by atomic mass is 32.1. The van der Waals surface area contributed by atoms with Crippen molar-refractivity contribution >= 4 is 17.0 Å². The summed E-state index contributed by atoms with van der Waals surface area (Å²) in [4.78, 5) is 2.30. The fourth-order valence-corrected chi connectivity index (χ4v) is 2.34. The van der Waals surface area contributed by atoms with E-state index in [1.165, 1.54) is 11.1 Å². The second kappa shape index (κ2) is 5.14. The molecule has 84 valence electrons. The number of nitrogen functional groups attached to an aromatic ring is 1. The number of anilines is 1. The lowest BCUT2D eigenvalue weighted by Crippen LogP contribution is -2.16. The van der Waals surface area contributed by atoms with Crippen molar-refractivity contribution in [1.29, 1.82) is 0 Å². The van der Waals surface area contributed by atoms with Crippen LogP contribution in [-0.4, -0.2) is 11.9 Å². The van der Waals surface area contributed by atoms with Crippen molar-refractivity contribution in [1.82, 2.24) is 4.90 Å². The van der Waals surface area contributed by atoms with E-state index < -0.39 is 0 Å². The van der Waals surface area contributed by atoms with Crippen LogP contribution in [0.15, 0.2) is 41.1 Å². The highest BCUT2D eigenvalue weighted by molar-refractivity contribution is 7.07. The summed E-state index contributed by atoms with van der Waals surface area (Å²) in [5.74, 6) is 0. The predicted molar refractivity (Wildman–Crippen MR) is 70.3 cm³/mol. The Morgan fingerprint density at radius 2 is 1.75 bits per heavy atom. The molecule has 0 bridgehead atoms. The highest BCUT2D eigenvalue weighted by Crippen LogP contribution is 2.12. The molecule has 1 aromatic heterocycles. The zero-order valence-electron chi connectivity index (χ0n) is 9.39. The minimum atomic E-state index is 0.823. The number of thiophene rings is 1. The molecule has 2 N–H and O–H groups in total. The van der Waals surface area contributed by atoms with E-state index in [2.05, 4.69) is 40.9 Å². The average molecular weight is 232 g/mol. The third-order valence-electron chi connectivity index (χ3n) is 2.46. The molecule has 0 aliphatic heterocycles. The maximum atomic E-state index is 5.65. The Morgan fingerprint density at radius 3 is 2.38 bits per heavy atom. The van der Waals surface area contributed by atoms with Gasteiger partial charge in [-0.25, -0.2) is 0 Å². The van der Waals surface area contributed by atoms with Gasteiger partial charge in [0.1, 0.15) is 0 Å². The standard InChI is InChI=1S/C13H16N2S/c1-15(9-12-6-7-16-10-12)8-11-2-4-13(14)5-3-11/h2-7,10H,8-9,14H2,1H3. The van der Waals surface area contributed by atoms with Crippen molar-refractivity contribution < 1.29 is 0 Å². The molecular weight excluding hydrogens is 216 g/mol. The van der Waals surface area contributed by atoms with Crippen LogP contribution in [0.2, 0.25) is 0 Å². The molecule has 3 heteroatoms. The van der Waals surface area contributed by atoms with Crippen LogP contribution in [0.5, 0.6) is 0 Å². The van der Waals surface area contributed by atoms with Gasteiger partial charge >= 0.3 is 0 Å². The van der Waals surface area contributed by atoms with Gasteiger partial charge < -0.3 is 5.73 Å². The first-order valence-electron chi connectivity index (χ1n) is 5.28. The molecule has 16 heavy (non-hydrogen) atoms. The number of rotatable bonds is 4. The van der Waals surface area contributed by atoms with E-state index in [9.17, 15) is 0 Å². The summed E-state index contributed by atoms with van der Waals surface area (Å²) in [6.07, 6.45) is 0. The average Bonchev–Trinajstić information content (AvgIpc) is 2.74. The van der Waals surface area contributed by atoms with Crippen molar-refractivity contribution in [2.24, 2.45) is 0 Å². The summed E-state index contributed by atoms with van der Waals surface area (Å²) in [6.45, 7) is 1.95. The van der Waals surface area contributed by atoms with Crippen LogP contribution in [-0.2, 0) is 13.1 Å². The van der Waals surface area contributed by atoms with Crippen molar-refractivity contribution in [2.75, 3.05) is 12.8 Å². The Morgan fingerprint density at radius 1 is 1.06 bits per heavy atom. The van der Waals surface area contributed by atoms with Crippen LogP contribution >= 0.6 is 11.3 Å². The fourth-order valence-electron chi connectivity index (χ4n) is 1.68. The Balaban J connectivity index is 1.92. The summed E-state index contributed by atoms with van der Waals surface area (Å²) >= 11 is 1.75. The lowest BCUT2D eigenvalue weighted by molar-refractivity contribution is 0.319. The molecule has 0 saturated carbocycles. The normalized spacial score (nSPS) is 10.9. The molecule has 2 aromatic rings. The molecule has 0 spiro atoms. The topological polar surface area (TPSA) is 29.3 Å². The smallest absolute Gasteiger partial charge is 0.0314 e. The van der Waals surface area contributed by atoms with Gasteiger partial charge in [0.25, 0.3) is 0 Å². The van der Waals surface area contributed by atoms with Gasteiger partial charge in [-0.1, -0.05) is 12.1 Å². The maximum Gasteiger partial charge on any atom is 0.0314 e. The van der Waals surface area contributed by atoms with Gasteiger partial charge in [0, 0.05) is 18.8 Å². The van der Waals surface area contributed by atoms with Gasteiger partial charge in [0.15, 0.2) is 0 Å². The fraction of sp³-hybridized carbons (Fsp3) is 0.231. The van der Waals surface area contributed by atoms with Crippen LogP contribution in [0.25, 0.3) is 0 Å². The van der Waals surface area contributed by atoms with Gasteiger partial charge in [0.05, 0.1) is 0 Å². The molecule has 0 fully saturated rings. The first-order chi connectivity index (χ1) is 7.74. The molecule has 0 atom stereocenters. The SMILES string of the molecule is CN(Cc1ccc(N)cc1)Cc1ccsc1. The van der Waals surface area contributed by atoms with Crippen molar-refractivity contribution in [2.45, 2.75) is 13.1 Å². The number of hydrogen-bond donors (Lipinski definition) is 1. The molecule has 1 heterocycles. The summed E-state index contributed by atoms with van der Waals surface area (Å²) in [6, 6.07) is 10.2. The molecule has 0 aliphatic carbocycles. The number of nitrogens with zero attached hydrogens (tertiary/aromatic N) is 1. The lowest BCUT2D eigenvalue weighted by atomic mass is 10.2. The van der Waals surface area contributed by atoms with Crippen molar-refractivity contribution in [3.63, 3.8) is 0 Å². The van der Waals surface area contributed by atoms with E-state index in [1.807, 2.05) is 12.1 Å². The van der Waals surface area contributed by atoms with Gasteiger partial charge in [-0.05, 0) is 47.1 Å². The Kier molecular flexibility index (Phi) is 3.59. The number of hydrogen-bond acceptors (Lipinski definition) is 3. The van der Waals surface area contributed by atoms with E-state index in [1.54, 1.807) is 11.3 Å². The summed E-state index contributed by atoms with van der Waals surface area (Å²) < 4.78 is 0. The monoisotopic (exact) mass is 232 g/mol. The Labute approximate surface area is 100 Å². The quantitative estimate of drug-likeness (QED) is 0.821. The molecule has 2 nitrogen and oxygen atoms in total. The Bertz CT molecular complexity index is 420. The van der Waals surface area contributed by atoms with Crippen molar-refractivity contribution in [3.05, 3.63) is 52.2 Å². The highest BCUT2D eigenvalue weighted by Gasteiger charge is 2.01. The molecule has 2 rings (SSSR count). The summed E-state index contributed by atoms with van der Waals surface area (Å²) in [7, 11) is 2.13. The van der Waals surface area contributed by atoms with E-state index in [0.29, 0.717) is 0 Å². The van der Waals surface area contributed by atoms with Gasteiger partial charge in [-0.2, -0.15) is 11.3 Å². The molecule has 0 radical (unpaired) electrons. The molecule has 0 unspecified atom stereocenters. The zero-order valence-corrected chi connectivity index (χ0v) is 10.2. The van der Waals surface area contributed by atoms with Crippen LogP contribution < -0.4 is 5.73 Å². The minimum absolute atomic E-state index is 0.823. The first kappa shape index (κ1) is 11.2. The summed E-state index contributed by atoms with van der Waals surface area (Å²) in [5.41, 5.74) is 9.15. The third kappa shape index (κ3) is 3.08. The first-order valence-corrected chi connectivity index (χ1v) is 6.22. The number of benzene rings is 1. The third-order valence-corrected chi connectivity index (χ3v) is 3.20. The molecular formula is C13H16N2S. The van der Waals surface area contributed by atoms with Crippen LogP contribution in [0, 0.1) is 0 Å². The number of nitrogens with two attached hydrogens (primary N) is 1. The van der Waals surface area contributed by atoms with Crippen molar-refractivity contribution in [3.8, 4) is 0 Å². The maximum absolute atomic E-state index is 5.65. The second-order valence-corrected chi connectivity index (χ2v) is 4.83. The predicted octanol–water partition coefficient (Wildman–Crippen LogP) is 2.96. The summed E-state index contributed by atoms with van der Waals surface area (Å²) in [5, 5.41) is 4.31. The van der Waals surface area contributed by atoms with Crippen LogP contribution in [0.1, 0.15) is 11.1 Å². The molecule has 0 saturated heterocycles. The lowest BCUT2D eigenvalue weighted by Gasteiger charge is -2.15. The zero-order chi connectivity index (χ0) is 11.4. The molecule has 0 aliphatic rings. The van der Waals surface area contributed by atoms with E-state index in [0.717, 1.165) is 18.8 Å². The van der Waals surface area contributed by atoms with Gasteiger partial charge in [0.2, 0.25) is 0 Å². The van der Waals surface area contributed by atoms with Gasteiger partial charge in [-0.3, -0.25) is 4.90 Å². The van der Waals surface area contributed by atoms with Crippen LogP contribution in [0.3, 0.4) is 0 Å². The van der Waals surface area contributed by atoms with Gasteiger partial charge in [-0.15, -0.1) is 0 Å². The van der Waals surface area contributed by atoms with E-state index in [4.69, 9.17) is 5.73 Å². The largest absolute Gasteiger partial charge is 0.399 e. The molecule has 1 aromatic carbocycles.